The molecule has 0 aromatic heterocycles. The number of hydrogen-bond donors (Lipinski definition) is 1. The summed E-state index contributed by atoms with van der Waals surface area (Å²) in [6, 6.07) is 4.85. The van der Waals surface area contributed by atoms with Gasteiger partial charge in [-0.1, -0.05) is 31.0 Å². The number of likely N-dealkylation sites (tertiary alicyclic amines) is 1. The molecule has 1 saturated heterocycles. The van der Waals surface area contributed by atoms with Crippen molar-refractivity contribution in [2.45, 2.75) is 32.2 Å². The predicted molar refractivity (Wildman–Crippen MR) is 77.8 cm³/mol. The standard InChI is InChI=1S/C15H22ClFN2/c1-2-3-11-6-7-19(10-11)15(9-18)13-5-4-12(16)8-14(13)17/h4-5,8,11,15H,2-3,6-7,9-10,18H2,1H3. The van der Waals surface area contributed by atoms with Crippen LogP contribution in [0.25, 0.3) is 0 Å². The van der Waals surface area contributed by atoms with Gasteiger partial charge >= 0.3 is 0 Å². The highest BCUT2D eigenvalue weighted by atomic mass is 35.5. The van der Waals surface area contributed by atoms with Crippen molar-refractivity contribution in [3.8, 4) is 0 Å². The van der Waals surface area contributed by atoms with Crippen LogP contribution in [-0.2, 0) is 0 Å². The molecule has 0 radical (unpaired) electrons. The van der Waals surface area contributed by atoms with Crippen LogP contribution < -0.4 is 5.73 Å². The minimum Gasteiger partial charge on any atom is -0.329 e. The van der Waals surface area contributed by atoms with Crippen LogP contribution in [-0.4, -0.2) is 24.5 Å². The first-order valence-electron chi connectivity index (χ1n) is 7.04. The zero-order valence-electron chi connectivity index (χ0n) is 11.4. The topological polar surface area (TPSA) is 29.3 Å². The van der Waals surface area contributed by atoms with Crippen molar-refractivity contribution in [1.29, 1.82) is 0 Å². The second-order valence-electron chi connectivity index (χ2n) is 5.36. The van der Waals surface area contributed by atoms with Crippen LogP contribution in [0.4, 0.5) is 4.39 Å². The van der Waals surface area contributed by atoms with E-state index in [4.69, 9.17) is 17.3 Å². The van der Waals surface area contributed by atoms with E-state index in [1.165, 1.54) is 25.3 Å². The lowest BCUT2D eigenvalue weighted by molar-refractivity contribution is 0.235. The molecule has 2 unspecified atom stereocenters. The second kappa shape index (κ2) is 6.69. The molecular formula is C15H22ClFN2. The Balaban J connectivity index is 2.12. The SMILES string of the molecule is CCCC1CCN(C(CN)c2ccc(Cl)cc2F)C1. The number of benzene rings is 1. The van der Waals surface area contributed by atoms with Crippen LogP contribution in [0.3, 0.4) is 0 Å². The normalized spacial score (nSPS) is 21.8. The molecule has 0 bridgehead atoms. The van der Waals surface area contributed by atoms with Gasteiger partial charge < -0.3 is 5.73 Å². The maximum atomic E-state index is 14.0. The molecule has 1 aromatic rings. The number of rotatable bonds is 5. The molecule has 106 valence electrons. The molecule has 0 amide bonds. The van der Waals surface area contributed by atoms with Gasteiger partial charge in [0.1, 0.15) is 5.82 Å². The van der Waals surface area contributed by atoms with E-state index in [0.29, 0.717) is 17.1 Å². The molecule has 2 nitrogen and oxygen atoms in total. The quantitative estimate of drug-likeness (QED) is 0.895. The van der Waals surface area contributed by atoms with E-state index in [9.17, 15) is 4.39 Å². The van der Waals surface area contributed by atoms with Gasteiger partial charge in [-0.2, -0.15) is 0 Å². The molecule has 1 heterocycles. The van der Waals surface area contributed by atoms with Gasteiger partial charge in [-0.25, -0.2) is 4.39 Å². The van der Waals surface area contributed by atoms with Crippen LogP contribution >= 0.6 is 11.6 Å². The molecule has 0 saturated carbocycles. The van der Waals surface area contributed by atoms with Gasteiger partial charge in [-0.05, 0) is 37.4 Å². The molecule has 2 N–H and O–H groups in total. The summed E-state index contributed by atoms with van der Waals surface area (Å²) < 4.78 is 14.0. The van der Waals surface area contributed by atoms with Gasteiger partial charge in [0.15, 0.2) is 0 Å². The van der Waals surface area contributed by atoms with Crippen LogP contribution in [0.1, 0.15) is 37.8 Å². The van der Waals surface area contributed by atoms with Crippen LogP contribution in [0, 0.1) is 11.7 Å². The Morgan fingerprint density at radius 1 is 1.53 bits per heavy atom. The summed E-state index contributed by atoms with van der Waals surface area (Å²) in [5.74, 6) is 0.483. The summed E-state index contributed by atoms with van der Waals surface area (Å²) in [6.45, 7) is 4.69. The lowest BCUT2D eigenvalue weighted by atomic mass is 10.0. The Hall–Kier alpha value is -0.640. The van der Waals surface area contributed by atoms with Crippen molar-refractivity contribution in [1.82, 2.24) is 4.90 Å². The van der Waals surface area contributed by atoms with Gasteiger partial charge in [-0.3, -0.25) is 4.90 Å². The molecule has 1 aliphatic heterocycles. The molecule has 4 heteroatoms. The average Bonchev–Trinajstić information content (AvgIpc) is 2.82. The van der Waals surface area contributed by atoms with Crippen molar-refractivity contribution >= 4 is 11.6 Å². The maximum absolute atomic E-state index is 14.0. The van der Waals surface area contributed by atoms with Gasteiger partial charge in [0.2, 0.25) is 0 Å². The fraction of sp³-hybridized carbons (Fsp3) is 0.600. The summed E-state index contributed by atoms with van der Waals surface area (Å²) in [7, 11) is 0. The van der Waals surface area contributed by atoms with Crippen LogP contribution in [0.15, 0.2) is 18.2 Å². The lowest BCUT2D eigenvalue weighted by Gasteiger charge is -2.27. The Morgan fingerprint density at radius 3 is 2.95 bits per heavy atom. The maximum Gasteiger partial charge on any atom is 0.129 e. The first kappa shape index (κ1) is 14.8. The molecule has 1 fully saturated rings. The van der Waals surface area contributed by atoms with Crippen molar-refractivity contribution in [2.24, 2.45) is 11.7 Å². The third-order valence-electron chi connectivity index (χ3n) is 4.00. The molecule has 1 aromatic carbocycles. The third kappa shape index (κ3) is 3.47. The largest absolute Gasteiger partial charge is 0.329 e. The molecule has 0 aliphatic carbocycles. The minimum atomic E-state index is -0.248. The molecular weight excluding hydrogens is 263 g/mol. The predicted octanol–water partition coefficient (Wildman–Crippen LogP) is 3.60. The average molecular weight is 285 g/mol. The summed E-state index contributed by atoms with van der Waals surface area (Å²) in [4.78, 5) is 2.31. The number of nitrogens with two attached hydrogens (primary N) is 1. The fourth-order valence-electron chi connectivity index (χ4n) is 3.03. The highest BCUT2D eigenvalue weighted by Gasteiger charge is 2.29. The summed E-state index contributed by atoms with van der Waals surface area (Å²) in [5.41, 5.74) is 6.54. The monoisotopic (exact) mass is 284 g/mol. The zero-order valence-corrected chi connectivity index (χ0v) is 12.2. The third-order valence-corrected chi connectivity index (χ3v) is 4.23. The number of nitrogens with zero attached hydrogens (tertiary/aromatic N) is 1. The van der Waals surface area contributed by atoms with E-state index >= 15 is 0 Å². The van der Waals surface area contributed by atoms with Crippen molar-refractivity contribution < 1.29 is 4.39 Å². The molecule has 2 atom stereocenters. The Morgan fingerprint density at radius 2 is 2.32 bits per heavy atom. The Kier molecular flexibility index (Phi) is 5.20. The van der Waals surface area contributed by atoms with E-state index in [0.717, 1.165) is 19.0 Å². The van der Waals surface area contributed by atoms with Gasteiger partial charge in [0, 0.05) is 29.7 Å². The van der Waals surface area contributed by atoms with Crippen molar-refractivity contribution in [3.63, 3.8) is 0 Å². The highest BCUT2D eigenvalue weighted by Crippen LogP contribution is 2.31. The summed E-state index contributed by atoms with van der Waals surface area (Å²) in [6.07, 6.45) is 3.65. The van der Waals surface area contributed by atoms with E-state index < -0.39 is 0 Å². The summed E-state index contributed by atoms with van der Waals surface area (Å²) >= 11 is 5.80. The number of hydrogen-bond acceptors (Lipinski definition) is 2. The van der Waals surface area contributed by atoms with Gasteiger partial charge in [0.05, 0.1) is 0 Å². The smallest absolute Gasteiger partial charge is 0.129 e. The molecule has 1 aliphatic rings. The molecule has 19 heavy (non-hydrogen) atoms. The second-order valence-corrected chi connectivity index (χ2v) is 5.79. The first-order chi connectivity index (χ1) is 9.15. The zero-order chi connectivity index (χ0) is 13.8. The van der Waals surface area contributed by atoms with E-state index in [2.05, 4.69) is 11.8 Å². The van der Waals surface area contributed by atoms with Gasteiger partial charge in [-0.15, -0.1) is 0 Å². The number of halogens is 2. The molecule has 2 rings (SSSR count). The highest BCUT2D eigenvalue weighted by molar-refractivity contribution is 6.30. The molecule has 0 spiro atoms. The van der Waals surface area contributed by atoms with E-state index in [1.807, 2.05) is 0 Å². The van der Waals surface area contributed by atoms with E-state index in [1.54, 1.807) is 12.1 Å². The van der Waals surface area contributed by atoms with E-state index in [-0.39, 0.29) is 11.9 Å². The van der Waals surface area contributed by atoms with Crippen LogP contribution in [0.2, 0.25) is 5.02 Å². The van der Waals surface area contributed by atoms with Gasteiger partial charge in [0.25, 0.3) is 0 Å². The Bertz CT molecular complexity index is 425. The first-order valence-corrected chi connectivity index (χ1v) is 7.42. The van der Waals surface area contributed by atoms with Crippen molar-refractivity contribution in [3.05, 3.63) is 34.6 Å². The summed E-state index contributed by atoms with van der Waals surface area (Å²) in [5, 5.41) is 0.433. The Labute approximate surface area is 119 Å². The fourth-order valence-corrected chi connectivity index (χ4v) is 3.19. The minimum absolute atomic E-state index is 0.0286. The van der Waals surface area contributed by atoms with Crippen molar-refractivity contribution in [2.75, 3.05) is 19.6 Å². The van der Waals surface area contributed by atoms with Crippen LogP contribution in [0.5, 0.6) is 0 Å². The lowest BCUT2D eigenvalue weighted by Crippen LogP contribution is -2.32.